The number of benzene rings is 8. The van der Waals surface area contributed by atoms with E-state index in [1.807, 2.05) is 36.5 Å². The third-order valence-electron chi connectivity index (χ3n) is 13.4. The predicted octanol–water partition coefficient (Wildman–Crippen LogP) is 17.1. The van der Waals surface area contributed by atoms with Crippen molar-refractivity contribution in [2.24, 2.45) is 0 Å². The Labute approximate surface area is 402 Å². The summed E-state index contributed by atoms with van der Waals surface area (Å²) in [5.41, 5.74) is 14.1. The van der Waals surface area contributed by atoms with Gasteiger partial charge in [-0.25, -0.2) is 13.8 Å². The first kappa shape index (κ1) is 43.5. The van der Waals surface area contributed by atoms with Crippen LogP contribution >= 0.6 is 0 Å². The van der Waals surface area contributed by atoms with Crippen LogP contribution in [0.1, 0.15) is 52.7 Å². The quantitative estimate of drug-likeness (QED) is 0.152. The Balaban J connectivity index is 1.06. The Kier molecular flexibility index (Phi) is 10.7. The molecule has 11 rings (SSSR count). The number of rotatable bonds is 8. The molecule has 10 aromatic rings. The highest BCUT2D eigenvalue weighted by atomic mass is 19.1. The van der Waals surface area contributed by atoms with Gasteiger partial charge in [0.1, 0.15) is 35.6 Å². The minimum atomic E-state index is -0.302. The van der Waals surface area contributed by atoms with Crippen LogP contribution in [0, 0.1) is 11.6 Å². The molecule has 7 heteroatoms. The maximum Gasteiger partial charge on any atom is 0.137 e. The Bertz CT molecular complexity index is 3480. The predicted molar refractivity (Wildman–Crippen MR) is 281 cm³/mol. The van der Waals surface area contributed by atoms with E-state index in [2.05, 4.69) is 189 Å². The fourth-order valence-corrected chi connectivity index (χ4v) is 9.72. The van der Waals surface area contributed by atoms with E-state index in [0.29, 0.717) is 18.2 Å². The molecule has 8 aromatic carbocycles. The molecule has 5 nitrogen and oxygen atoms in total. The van der Waals surface area contributed by atoms with Crippen LogP contribution < -0.4 is 14.5 Å². The number of para-hydroxylation sites is 4. The lowest BCUT2D eigenvalue weighted by atomic mass is 9.86. The van der Waals surface area contributed by atoms with E-state index >= 15 is 0 Å². The average molecular weight is 907 g/mol. The van der Waals surface area contributed by atoms with Crippen molar-refractivity contribution in [3.05, 3.63) is 217 Å². The summed E-state index contributed by atoms with van der Waals surface area (Å²) in [4.78, 5) is 9.54. The van der Waals surface area contributed by atoms with E-state index in [-0.39, 0.29) is 22.5 Å². The van der Waals surface area contributed by atoms with Gasteiger partial charge in [0.2, 0.25) is 0 Å². The second kappa shape index (κ2) is 16.9. The Morgan fingerprint density at radius 1 is 0.464 bits per heavy atom. The molecular weight excluding hydrogens is 855 g/mol. The standard InChI is InChI=1S/C62H52F2N4O/c1-61(2,3)44-24-18-40(19-25-44)43-34-48(37-50(35-43)69-49-30-31-54-53-12-7-8-15-55(53)68(58(54)38-49)59-36-45(32-33-65-59)62(4,5)6)66-39-67(57-17-10-9-16-56(57)66)60-51(41-20-26-46(63)27-21-41)13-11-14-52(60)42-22-28-47(64)29-23-42/h7-38H,39H2,1-6H3. The molecule has 340 valence electrons. The lowest BCUT2D eigenvalue weighted by Gasteiger charge is -2.27. The number of hydrogen-bond donors (Lipinski definition) is 0. The van der Waals surface area contributed by atoms with Crippen molar-refractivity contribution < 1.29 is 13.5 Å². The van der Waals surface area contributed by atoms with Crippen molar-refractivity contribution in [3.63, 3.8) is 0 Å². The zero-order chi connectivity index (χ0) is 47.6. The molecule has 0 atom stereocenters. The van der Waals surface area contributed by atoms with Gasteiger partial charge in [-0.3, -0.25) is 4.57 Å². The monoisotopic (exact) mass is 906 g/mol. The summed E-state index contributed by atoms with van der Waals surface area (Å²) in [6, 6.07) is 62.2. The van der Waals surface area contributed by atoms with Crippen LogP contribution in [-0.4, -0.2) is 16.2 Å². The summed E-state index contributed by atoms with van der Waals surface area (Å²) in [5, 5.41) is 2.26. The van der Waals surface area contributed by atoms with Gasteiger partial charge in [-0.15, -0.1) is 0 Å². The van der Waals surface area contributed by atoms with Gasteiger partial charge in [0, 0.05) is 45.9 Å². The van der Waals surface area contributed by atoms with Crippen LogP contribution in [0.15, 0.2) is 194 Å². The second-order valence-electron chi connectivity index (χ2n) is 20.0. The smallest absolute Gasteiger partial charge is 0.137 e. The van der Waals surface area contributed by atoms with Crippen molar-refractivity contribution in [3.8, 4) is 50.7 Å². The Morgan fingerprint density at radius 3 is 1.71 bits per heavy atom. The molecule has 0 amide bonds. The summed E-state index contributed by atoms with van der Waals surface area (Å²) >= 11 is 0. The van der Waals surface area contributed by atoms with E-state index in [1.165, 1.54) is 35.4 Å². The van der Waals surface area contributed by atoms with Crippen LogP contribution in [-0.2, 0) is 10.8 Å². The maximum atomic E-state index is 14.4. The van der Waals surface area contributed by atoms with Crippen LogP contribution in [0.2, 0.25) is 0 Å². The number of anilines is 4. The third kappa shape index (κ3) is 8.18. The fraction of sp³-hybridized carbons (Fsp3) is 0.145. The molecule has 0 spiro atoms. The van der Waals surface area contributed by atoms with Gasteiger partial charge in [0.25, 0.3) is 0 Å². The largest absolute Gasteiger partial charge is 0.457 e. The zero-order valence-corrected chi connectivity index (χ0v) is 39.6. The van der Waals surface area contributed by atoms with E-state index in [0.717, 1.165) is 83.8 Å². The van der Waals surface area contributed by atoms with Crippen LogP contribution in [0.3, 0.4) is 0 Å². The van der Waals surface area contributed by atoms with E-state index in [1.54, 1.807) is 0 Å². The van der Waals surface area contributed by atoms with Gasteiger partial charge in [-0.05, 0) is 123 Å². The van der Waals surface area contributed by atoms with Gasteiger partial charge in [-0.1, -0.05) is 139 Å². The normalized spacial score (nSPS) is 12.8. The number of halogens is 2. The molecule has 1 aliphatic heterocycles. The molecule has 0 aliphatic carbocycles. The molecule has 3 heterocycles. The molecule has 0 N–H and O–H groups in total. The van der Waals surface area contributed by atoms with E-state index in [9.17, 15) is 8.78 Å². The van der Waals surface area contributed by atoms with Crippen LogP contribution in [0.4, 0.5) is 31.5 Å². The third-order valence-corrected chi connectivity index (χ3v) is 13.4. The highest BCUT2D eigenvalue weighted by molar-refractivity contribution is 6.09. The molecule has 0 saturated heterocycles. The summed E-state index contributed by atoms with van der Waals surface area (Å²) in [6.45, 7) is 13.8. The number of ether oxygens (including phenoxy) is 1. The van der Waals surface area contributed by atoms with Gasteiger partial charge in [0.05, 0.1) is 28.1 Å². The van der Waals surface area contributed by atoms with Gasteiger partial charge < -0.3 is 14.5 Å². The molecule has 0 fully saturated rings. The molecular formula is C62H52F2N4O. The van der Waals surface area contributed by atoms with Crippen molar-refractivity contribution in [1.82, 2.24) is 9.55 Å². The van der Waals surface area contributed by atoms with Crippen LogP contribution in [0.5, 0.6) is 11.5 Å². The van der Waals surface area contributed by atoms with E-state index in [4.69, 9.17) is 9.72 Å². The summed E-state index contributed by atoms with van der Waals surface area (Å²) in [6.07, 6.45) is 1.90. The van der Waals surface area contributed by atoms with Gasteiger partial charge >= 0.3 is 0 Å². The highest BCUT2D eigenvalue weighted by Crippen LogP contribution is 2.51. The number of aromatic nitrogens is 2. The molecule has 0 radical (unpaired) electrons. The first-order valence-electron chi connectivity index (χ1n) is 23.5. The number of hydrogen-bond acceptors (Lipinski definition) is 4. The first-order valence-corrected chi connectivity index (χ1v) is 23.5. The lowest BCUT2D eigenvalue weighted by Crippen LogP contribution is -2.25. The van der Waals surface area contributed by atoms with Crippen LogP contribution in [0.25, 0.3) is 61.0 Å². The molecule has 2 aromatic heterocycles. The van der Waals surface area contributed by atoms with E-state index < -0.39 is 0 Å². The average Bonchev–Trinajstić information content (AvgIpc) is 3.90. The van der Waals surface area contributed by atoms with Crippen molar-refractivity contribution in [2.45, 2.75) is 52.4 Å². The number of pyridine rings is 1. The van der Waals surface area contributed by atoms with Crippen molar-refractivity contribution in [1.29, 1.82) is 0 Å². The minimum Gasteiger partial charge on any atom is -0.457 e. The summed E-state index contributed by atoms with van der Waals surface area (Å²) in [7, 11) is 0. The SMILES string of the molecule is CC(C)(C)c1ccc(-c2cc(Oc3ccc4c5ccccc5n(-c5cc(C(C)(C)C)ccn5)c4c3)cc(N3CN(c4c(-c5ccc(F)cc5)cccc4-c4ccc(F)cc4)c4ccccc43)c2)cc1. The lowest BCUT2D eigenvalue weighted by molar-refractivity contribution is 0.483. The molecule has 1 aliphatic rings. The Hall–Kier alpha value is -8.03. The van der Waals surface area contributed by atoms with Crippen molar-refractivity contribution >= 4 is 44.6 Å². The fourth-order valence-electron chi connectivity index (χ4n) is 9.72. The second-order valence-corrected chi connectivity index (χ2v) is 20.0. The minimum absolute atomic E-state index is 0.000960. The molecule has 0 bridgehead atoms. The van der Waals surface area contributed by atoms with Gasteiger partial charge in [-0.2, -0.15) is 0 Å². The first-order chi connectivity index (χ1) is 33.3. The summed E-state index contributed by atoms with van der Waals surface area (Å²) < 4.78 is 38.1. The maximum absolute atomic E-state index is 14.4. The number of fused-ring (bicyclic) bond motifs is 4. The van der Waals surface area contributed by atoms with Crippen molar-refractivity contribution in [2.75, 3.05) is 16.5 Å². The Morgan fingerprint density at radius 2 is 1.06 bits per heavy atom. The number of nitrogens with zero attached hydrogens (tertiary/aromatic N) is 4. The van der Waals surface area contributed by atoms with Gasteiger partial charge in [0.15, 0.2) is 0 Å². The molecule has 69 heavy (non-hydrogen) atoms. The molecule has 0 unspecified atom stereocenters. The highest BCUT2D eigenvalue weighted by Gasteiger charge is 2.32. The summed E-state index contributed by atoms with van der Waals surface area (Å²) in [5.74, 6) is 1.64. The molecule has 0 saturated carbocycles. The topological polar surface area (TPSA) is 33.5 Å². The zero-order valence-electron chi connectivity index (χ0n) is 39.6.